The van der Waals surface area contributed by atoms with E-state index in [-0.39, 0.29) is 18.7 Å². The first-order chi connectivity index (χ1) is 8.99. The van der Waals surface area contributed by atoms with Gasteiger partial charge in [0.15, 0.2) is 0 Å². The van der Waals surface area contributed by atoms with Gasteiger partial charge in [-0.1, -0.05) is 28.1 Å². The highest BCUT2D eigenvalue weighted by molar-refractivity contribution is 9.10. The molecule has 0 spiro atoms. The number of benzene rings is 1. The number of aliphatic carboxylic acids is 1. The number of halogens is 1. The summed E-state index contributed by atoms with van der Waals surface area (Å²) in [5, 5.41) is 11.8. The van der Waals surface area contributed by atoms with Crippen molar-refractivity contribution in [1.29, 1.82) is 0 Å². The Balaban J connectivity index is 1.93. The van der Waals surface area contributed by atoms with Crippen LogP contribution in [0.5, 0.6) is 0 Å². The van der Waals surface area contributed by atoms with Crippen LogP contribution in [0.25, 0.3) is 0 Å². The number of carbonyl (C=O) groups is 2. The average molecular weight is 326 g/mol. The Kier molecular flexibility index (Phi) is 4.24. The summed E-state index contributed by atoms with van der Waals surface area (Å²) in [5.41, 5.74) is 0.406. The molecule has 1 fully saturated rings. The molecule has 1 aliphatic carbocycles. The third kappa shape index (κ3) is 3.80. The van der Waals surface area contributed by atoms with Crippen LogP contribution in [0.2, 0.25) is 0 Å². The van der Waals surface area contributed by atoms with E-state index in [1.807, 2.05) is 24.3 Å². The Morgan fingerprint density at radius 1 is 1.26 bits per heavy atom. The Bertz CT molecular complexity index is 480. The summed E-state index contributed by atoms with van der Waals surface area (Å²) >= 11 is 3.34. The van der Waals surface area contributed by atoms with Crippen LogP contribution in [0.3, 0.4) is 0 Å². The van der Waals surface area contributed by atoms with Crippen LogP contribution in [0.15, 0.2) is 28.7 Å². The number of nitrogens with one attached hydrogen (secondary N) is 1. The molecule has 1 aromatic rings. The zero-order valence-corrected chi connectivity index (χ0v) is 12.1. The zero-order valence-electron chi connectivity index (χ0n) is 10.5. The number of hydrogen-bond donors (Lipinski definition) is 2. The fraction of sp³-hybridized carbons (Fsp3) is 0.429. The van der Waals surface area contributed by atoms with Crippen LogP contribution in [-0.2, 0) is 16.0 Å². The number of hydrogen-bond acceptors (Lipinski definition) is 2. The number of carbonyl (C=O) groups excluding carboxylic acids is 1. The summed E-state index contributed by atoms with van der Waals surface area (Å²) in [6.07, 6.45) is 2.79. The molecule has 1 saturated carbocycles. The second-order valence-electron chi connectivity index (χ2n) is 5.06. The van der Waals surface area contributed by atoms with E-state index in [4.69, 9.17) is 5.11 Å². The van der Waals surface area contributed by atoms with Gasteiger partial charge >= 0.3 is 5.97 Å². The van der Waals surface area contributed by atoms with E-state index in [2.05, 4.69) is 21.2 Å². The molecule has 102 valence electrons. The van der Waals surface area contributed by atoms with Crippen molar-refractivity contribution in [3.63, 3.8) is 0 Å². The molecule has 0 aliphatic heterocycles. The van der Waals surface area contributed by atoms with E-state index >= 15 is 0 Å². The van der Waals surface area contributed by atoms with E-state index in [0.717, 1.165) is 29.3 Å². The molecule has 0 radical (unpaired) electrons. The Morgan fingerprint density at radius 2 is 1.89 bits per heavy atom. The molecule has 2 N–H and O–H groups in total. The molecule has 0 unspecified atom stereocenters. The van der Waals surface area contributed by atoms with Crippen LogP contribution in [0.4, 0.5) is 0 Å². The van der Waals surface area contributed by atoms with E-state index in [0.29, 0.717) is 0 Å². The van der Waals surface area contributed by atoms with Gasteiger partial charge in [0.05, 0.1) is 18.4 Å². The average Bonchev–Trinajstić information content (AvgIpc) is 2.28. The molecule has 1 aliphatic rings. The first kappa shape index (κ1) is 14.1. The molecule has 5 heteroatoms. The highest BCUT2D eigenvalue weighted by Gasteiger charge is 2.40. The van der Waals surface area contributed by atoms with Gasteiger partial charge in [0, 0.05) is 4.47 Å². The van der Waals surface area contributed by atoms with Crippen LogP contribution in [0.1, 0.15) is 31.2 Å². The minimum Gasteiger partial charge on any atom is -0.481 e. The van der Waals surface area contributed by atoms with Gasteiger partial charge in [0.1, 0.15) is 0 Å². The summed E-state index contributed by atoms with van der Waals surface area (Å²) in [7, 11) is 0. The molecular weight excluding hydrogens is 310 g/mol. The van der Waals surface area contributed by atoms with Crippen molar-refractivity contribution in [2.45, 2.75) is 37.6 Å². The molecule has 4 nitrogen and oxygen atoms in total. The van der Waals surface area contributed by atoms with E-state index in [1.165, 1.54) is 0 Å². The molecule has 19 heavy (non-hydrogen) atoms. The first-order valence-electron chi connectivity index (χ1n) is 6.26. The van der Waals surface area contributed by atoms with Gasteiger partial charge in [-0.05, 0) is 37.0 Å². The third-order valence-electron chi connectivity index (χ3n) is 3.48. The predicted molar refractivity (Wildman–Crippen MR) is 74.8 cm³/mol. The highest BCUT2D eigenvalue weighted by Crippen LogP contribution is 2.34. The number of carboxylic acids is 1. The maximum atomic E-state index is 12.0. The second-order valence-corrected chi connectivity index (χ2v) is 5.97. The number of carboxylic acid groups (broad SMARTS) is 1. The molecular formula is C14H16BrNO3. The largest absolute Gasteiger partial charge is 0.481 e. The quantitative estimate of drug-likeness (QED) is 0.874. The molecule has 0 aromatic heterocycles. The van der Waals surface area contributed by atoms with Gasteiger partial charge in [-0.3, -0.25) is 9.59 Å². The first-order valence-corrected chi connectivity index (χ1v) is 7.06. The smallest absolute Gasteiger partial charge is 0.305 e. The van der Waals surface area contributed by atoms with Gasteiger partial charge in [0.2, 0.25) is 5.91 Å². The molecule has 0 bridgehead atoms. The predicted octanol–water partition coefficient (Wildman–Crippen LogP) is 2.51. The van der Waals surface area contributed by atoms with E-state index < -0.39 is 11.5 Å². The van der Waals surface area contributed by atoms with E-state index in [1.54, 1.807) is 0 Å². The molecule has 0 heterocycles. The van der Waals surface area contributed by atoms with Crippen LogP contribution >= 0.6 is 15.9 Å². The van der Waals surface area contributed by atoms with Crippen molar-refractivity contribution < 1.29 is 14.7 Å². The van der Waals surface area contributed by atoms with Crippen LogP contribution in [0, 0.1) is 0 Å². The van der Waals surface area contributed by atoms with Crippen molar-refractivity contribution in [2.24, 2.45) is 0 Å². The van der Waals surface area contributed by atoms with Gasteiger partial charge in [-0.25, -0.2) is 0 Å². The van der Waals surface area contributed by atoms with Gasteiger partial charge in [-0.15, -0.1) is 0 Å². The number of amides is 1. The Labute approximate surface area is 120 Å². The van der Waals surface area contributed by atoms with Crippen molar-refractivity contribution >= 4 is 27.8 Å². The lowest BCUT2D eigenvalue weighted by atomic mass is 9.74. The topological polar surface area (TPSA) is 66.4 Å². The minimum absolute atomic E-state index is 0.0130. The standard InChI is InChI=1S/C14H16BrNO3/c15-11-4-2-10(3-5-11)8-12(17)16-14(6-1-7-14)9-13(18)19/h2-5H,1,6-9H2,(H,16,17)(H,18,19). The molecule has 2 rings (SSSR count). The van der Waals surface area contributed by atoms with Gasteiger partial charge in [-0.2, -0.15) is 0 Å². The van der Waals surface area contributed by atoms with Crippen molar-refractivity contribution in [3.8, 4) is 0 Å². The van der Waals surface area contributed by atoms with Crippen molar-refractivity contribution in [1.82, 2.24) is 5.32 Å². The monoisotopic (exact) mass is 325 g/mol. The maximum absolute atomic E-state index is 12.0. The molecule has 1 aromatic carbocycles. The van der Waals surface area contributed by atoms with Crippen LogP contribution in [-0.4, -0.2) is 22.5 Å². The lowest BCUT2D eigenvalue weighted by molar-refractivity contribution is -0.140. The normalized spacial score (nSPS) is 16.5. The second kappa shape index (κ2) is 5.74. The SMILES string of the molecule is O=C(O)CC1(NC(=O)Cc2ccc(Br)cc2)CCC1. The molecule has 0 atom stereocenters. The summed E-state index contributed by atoms with van der Waals surface area (Å²) in [5.74, 6) is -0.966. The van der Waals surface area contributed by atoms with Gasteiger partial charge in [0.25, 0.3) is 0 Å². The van der Waals surface area contributed by atoms with Crippen molar-refractivity contribution in [2.75, 3.05) is 0 Å². The fourth-order valence-corrected chi connectivity index (χ4v) is 2.63. The summed E-state index contributed by atoms with van der Waals surface area (Å²) in [6, 6.07) is 7.54. The Hall–Kier alpha value is -1.36. The Morgan fingerprint density at radius 3 is 2.37 bits per heavy atom. The summed E-state index contributed by atoms with van der Waals surface area (Å²) in [4.78, 5) is 22.8. The highest BCUT2D eigenvalue weighted by atomic mass is 79.9. The number of rotatable bonds is 5. The zero-order chi connectivity index (χ0) is 13.9. The maximum Gasteiger partial charge on any atom is 0.305 e. The molecule has 0 saturated heterocycles. The third-order valence-corrected chi connectivity index (χ3v) is 4.01. The summed E-state index contributed by atoms with van der Waals surface area (Å²) < 4.78 is 0.970. The lowest BCUT2D eigenvalue weighted by Gasteiger charge is -2.41. The minimum atomic E-state index is -0.858. The van der Waals surface area contributed by atoms with Gasteiger partial charge < -0.3 is 10.4 Å². The van der Waals surface area contributed by atoms with E-state index in [9.17, 15) is 9.59 Å². The van der Waals surface area contributed by atoms with Crippen molar-refractivity contribution in [3.05, 3.63) is 34.3 Å². The fourth-order valence-electron chi connectivity index (χ4n) is 2.37. The van der Waals surface area contributed by atoms with Crippen LogP contribution < -0.4 is 5.32 Å². The molecule has 1 amide bonds. The summed E-state index contributed by atoms with van der Waals surface area (Å²) in [6.45, 7) is 0. The lowest BCUT2D eigenvalue weighted by Crippen LogP contribution is -2.55.